The van der Waals surface area contributed by atoms with Gasteiger partial charge in [0.05, 0.1) is 11.6 Å². The van der Waals surface area contributed by atoms with Crippen LogP contribution in [0, 0.1) is 0 Å². The van der Waals surface area contributed by atoms with Gasteiger partial charge in [0.15, 0.2) is 5.65 Å². The molecule has 0 aliphatic heterocycles. The van der Waals surface area contributed by atoms with E-state index in [-0.39, 0.29) is 11.2 Å². The van der Waals surface area contributed by atoms with Gasteiger partial charge in [0.1, 0.15) is 16.9 Å². The van der Waals surface area contributed by atoms with Crippen molar-refractivity contribution < 1.29 is 9.59 Å². The second-order valence-electron chi connectivity index (χ2n) is 4.97. The molecule has 9 heteroatoms. The first-order valence-corrected chi connectivity index (χ1v) is 7.94. The van der Waals surface area contributed by atoms with Crippen LogP contribution in [0.2, 0.25) is 0 Å². The van der Waals surface area contributed by atoms with E-state index >= 15 is 0 Å². The third-order valence-corrected chi connectivity index (χ3v) is 4.38. The number of rotatable bonds is 5. The standard InChI is InChI=1S/C15H14N6O2S/c1-8(24-15-11-13(18-6-17-11)19-7-20-15)14(23)21-10-4-2-9(3-5-10)12(16)22/h2-8H,1H3,(H2,16,22)(H,21,23)(H,17,18,19,20)/t8-/m0/s1. The number of thioether (sulfide) groups is 1. The Morgan fingerprint density at radius 1 is 1.21 bits per heavy atom. The zero-order valence-corrected chi connectivity index (χ0v) is 13.5. The van der Waals surface area contributed by atoms with E-state index in [1.807, 2.05) is 0 Å². The van der Waals surface area contributed by atoms with Gasteiger partial charge in [0.25, 0.3) is 0 Å². The lowest BCUT2D eigenvalue weighted by Crippen LogP contribution is -2.22. The molecule has 24 heavy (non-hydrogen) atoms. The average molecular weight is 342 g/mol. The summed E-state index contributed by atoms with van der Waals surface area (Å²) in [6.45, 7) is 1.78. The van der Waals surface area contributed by atoms with Crippen LogP contribution >= 0.6 is 11.8 Å². The molecule has 8 nitrogen and oxygen atoms in total. The maximum absolute atomic E-state index is 12.3. The van der Waals surface area contributed by atoms with E-state index in [0.29, 0.717) is 27.4 Å². The normalized spacial score (nSPS) is 12.0. The second kappa shape index (κ2) is 6.67. The summed E-state index contributed by atoms with van der Waals surface area (Å²) in [6, 6.07) is 6.39. The van der Waals surface area contributed by atoms with Crippen molar-refractivity contribution in [2.75, 3.05) is 5.32 Å². The molecule has 2 heterocycles. The number of imidazole rings is 1. The van der Waals surface area contributed by atoms with Crippen LogP contribution in [0.3, 0.4) is 0 Å². The van der Waals surface area contributed by atoms with Gasteiger partial charge >= 0.3 is 0 Å². The summed E-state index contributed by atoms with van der Waals surface area (Å²) in [5.41, 5.74) is 7.42. The fraction of sp³-hybridized carbons (Fsp3) is 0.133. The predicted octanol–water partition coefficient (Wildman–Crippen LogP) is 1.57. The summed E-state index contributed by atoms with van der Waals surface area (Å²) in [5.74, 6) is -0.692. The topological polar surface area (TPSA) is 127 Å². The molecule has 2 aromatic heterocycles. The third-order valence-electron chi connectivity index (χ3n) is 3.28. The molecule has 0 bridgehead atoms. The molecule has 4 N–H and O–H groups in total. The van der Waals surface area contributed by atoms with Crippen LogP contribution in [0.4, 0.5) is 5.69 Å². The van der Waals surface area contributed by atoms with Crippen LogP contribution in [-0.2, 0) is 4.79 Å². The number of nitrogens with two attached hydrogens (primary N) is 1. The number of hydrogen-bond donors (Lipinski definition) is 3. The van der Waals surface area contributed by atoms with Crippen molar-refractivity contribution in [3.05, 3.63) is 42.5 Å². The van der Waals surface area contributed by atoms with Crippen molar-refractivity contribution in [2.24, 2.45) is 5.73 Å². The summed E-state index contributed by atoms with van der Waals surface area (Å²) >= 11 is 1.30. The van der Waals surface area contributed by atoms with E-state index in [2.05, 4.69) is 25.3 Å². The highest BCUT2D eigenvalue weighted by Gasteiger charge is 2.18. The Morgan fingerprint density at radius 2 is 1.96 bits per heavy atom. The fourth-order valence-electron chi connectivity index (χ4n) is 2.01. The minimum atomic E-state index is -0.510. The molecular weight excluding hydrogens is 328 g/mol. The first kappa shape index (κ1) is 15.9. The number of benzene rings is 1. The van der Waals surface area contributed by atoms with Crippen LogP contribution in [0.1, 0.15) is 17.3 Å². The molecular formula is C15H14N6O2S. The number of fused-ring (bicyclic) bond motifs is 1. The van der Waals surface area contributed by atoms with E-state index in [0.717, 1.165) is 0 Å². The minimum absolute atomic E-state index is 0.182. The Balaban J connectivity index is 1.68. The molecule has 122 valence electrons. The zero-order chi connectivity index (χ0) is 17.1. The monoisotopic (exact) mass is 342 g/mol. The number of nitrogens with zero attached hydrogens (tertiary/aromatic N) is 3. The highest BCUT2D eigenvalue weighted by Crippen LogP contribution is 2.26. The molecule has 1 atom stereocenters. The quantitative estimate of drug-likeness (QED) is 0.477. The molecule has 0 saturated carbocycles. The van der Waals surface area contributed by atoms with Crippen molar-refractivity contribution in [2.45, 2.75) is 17.2 Å². The molecule has 0 spiro atoms. The summed E-state index contributed by atoms with van der Waals surface area (Å²) in [5, 5.41) is 3.06. The van der Waals surface area contributed by atoms with Gasteiger partial charge in [-0.2, -0.15) is 0 Å². The van der Waals surface area contributed by atoms with Gasteiger partial charge in [-0.3, -0.25) is 9.59 Å². The van der Waals surface area contributed by atoms with Crippen LogP contribution < -0.4 is 11.1 Å². The summed E-state index contributed by atoms with van der Waals surface area (Å²) in [6.07, 6.45) is 2.95. The van der Waals surface area contributed by atoms with Gasteiger partial charge in [0, 0.05) is 11.3 Å². The maximum atomic E-state index is 12.3. The number of anilines is 1. The molecule has 0 radical (unpaired) electrons. The Hall–Kier alpha value is -2.94. The van der Waals surface area contributed by atoms with Crippen molar-refractivity contribution in [3.8, 4) is 0 Å². The molecule has 1 aromatic carbocycles. The highest BCUT2D eigenvalue weighted by molar-refractivity contribution is 8.00. The first-order chi connectivity index (χ1) is 11.5. The Labute approximate surface area is 141 Å². The molecule has 0 fully saturated rings. The van der Waals surface area contributed by atoms with Gasteiger partial charge in [-0.15, -0.1) is 0 Å². The van der Waals surface area contributed by atoms with Crippen molar-refractivity contribution in [3.63, 3.8) is 0 Å². The Bertz CT molecular complexity index is 892. The number of H-pyrrole nitrogens is 1. The predicted molar refractivity (Wildman–Crippen MR) is 90.6 cm³/mol. The minimum Gasteiger partial charge on any atom is -0.366 e. The zero-order valence-electron chi connectivity index (χ0n) is 12.7. The molecule has 2 amide bonds. The molecule has 3 rings (SSSR count). The third kappa shape index (κ3) is 3.35. The SMILES string of the molecule is C[C@H](Sc1ncnc2nc[nH]c12)C(=O)Nc1ccc(C(N)=O)cc1. The van der Waals surface area contributed by atoms with Gasteiger partial charge in [-0.25, -0.2) is 15.0 Å². The summed E-state index contributed by atoms with van der Waals surface area (Å²) < 4.78 is 0. The number of amides is 2. The number of nitrogens with one attached hydrogen (secondary N) is 2. The van der Waals surface area contributed by atoms with E-state index in [4.69, 9.17) is 5.73 Å². The molecule has 0 unspecified atom stereocenters. The van der Waals surface area contributed by atoms with Gasteiger partial charge in [0.2, 0.25) is 11.8 Å². The number of aromatic nitrogens is 4. The number of carbonyl (C=O) groups is 2. The Morgan fingerprint density at radius 3 is 2.67 bits per heavy atom. The molecule has 3 aromatic rings. The first-order valence-electron chi connectivity index (χ1n) is 7.06. The van der Waals surface area contributed by atoms with Crippen LogP contribution in [0.5, 0.6) is 0 Å². The average Bonchev–Trinajstić information content (AvgIpc) is 3.05. The number of aromatic amines is 1. The van der Waals surface area contributed by atoms with Gasteiger partial charge in [-0.1, -0.05) is 11.8 Å². The number of primary amides is 1. The fourth-order valence-corrected chi connectivity index (χ4v) is 2.89. The second-order valence-corrected chi connectivity index (χ2v) is 6.30. The smallest absolute Gasteiger partial charge is 0.248 e. The van der Waals surface area contributed by atoms with Crippen molar-refractivity contribution in [1.29, 1.82) is 0 Å². The molecule has 0 saturated heterocycles. The molecule has 0 aliphatic carbocycles. The van der Waals surface area contributed by atoms with E-state index < -0.39 is 5.91 Å². The maximum Gasteiger partial charge on any atom is 0.248 e. The van der Waals surface area contributed by atoms with E-state index in [9.17, 15) is 9.59 Å². The van der Waals surface area contributed by atoms with Crippen LogP contribution in [-0.4, -0.2) is 37.0 Å². The van der Waals surface area contributed by atoms with Gasteiger partial charge in [-0.05, 0) is 31.2 Å². The van der Waals surface area contributed by atoms with E-state index in [1.54, 1.807) is 31.2 Å². The lowest BCUT2D eigenvalue weighted by atomic mass is 10.2. The van der Waals surface area contributed by atoms with Gasteiger partial charge < -0.3 is 16.0 Å². The Kier molecular flexibility index (Phi) is 4.43. The lowest BCUT2D eigenvalue weighted by molar-refractivity contribution is -0.115. The van der Waals surface area contributed by atoms with Crippen molar-refractivity contribution >= 4 is 40.4 Å². The number of carbonyl (C=O) groups excluding carboxylic acids is 2. The lowest BCUT2D eigenvalue weighted by Gasteiger charge is -2.12. The molecule has 0 aliphatic rings. The summed E-state index contributed by atoms with van der Waals surface area (Å²) in [7, 11) is 0. The van der Waals surface area contributed by atoms with E-state index in [1.165, 1.54) is 24.4 Å². The van der Waals surface area contributed by atoms with Crippen LogP contribution in [0.25, 0.3) is 11.2 Å². The highest BCUT2D eigenvalue weighted by atomic mass is 32.2. The largest absolute Gasteiger partial charge is 0.366 e. The number of hydrogen-bond acceptors (Lipinski definition) is 6. The van der Waals surface area contributed by atoms with Crippen molar-refractivity contribution in [1.82, 2.24) is 19.9 Å². The van der Waals surface area contributed by atoms with Crippen LogP contribution in [0.15, 0.2) is 41.9 Å². The summed E-state index contributed by atoms with van der Waals surface area (Å²) in [4.78, 5) is 38.6.